The van der Waals surface area contributed by atoms with Crippen molar-refractivity contribution in [3.05, 3.63) is 28.5 Å². The smallest absolute Gasteiger partial charge is 0.243 e. The van der Waals surface area contributed by atoms with Crippen molar-refractivity contribution in [1.29, 1.82) is 0 Å². The summed E-state index contributed by atoms with van der Waals surface area (Å²) in [6.07, 6.45) is 0. The van der Waals surface area contributed by atoms with E-state index in [1.165, 1.54) is 16.4 Å². The zero-order valence-corrected chi connectivity index (χ0v) is 13.5. The molecule has 0 aromatic heterocycles. The first kappa shape index (κ1) is 15.8. The van der Waals surface area contributed by atoms with Crippen LogP contribution in [0, 0.1) is 5.82 Å². The van der Waals surface area contributed by atoms with E-state index in [9.17, 15) is 12.8 Å². The van der Waals surface area contributed by atoms with Gasteiger partial charge >= 0.3 is 0 Å². The van der Waals surface area contributed by atoms with Crippen LogP contribution >= 0.6 is 15.9 Å². The lowest BCUT2D eigenvalue weighted by Crippen LogP contribution is -2.56. The van der Waals surface area contributed by atoms with Crippen molar-refractivity contribution in [1.82, 2.24) is 9.21 Å². The number of hydrogen-bond donors (Lipinski definition) is 1. The standard InChI is InChI=1S/C12H17BrFN3O2S/c1-16-4-5-17(9(7-15)8-16)20(18,19)10-2-3-11(13)12(14)6-10/h2-3,6,9H,4-5,7-8,15H2,1H3. The van der Waals surface area contributed by atoms with Crippen molar-refractivity contribution in [3.63, 3.8) is 0 Å². The van der Waals surface area contributed by atoms with Crippen LogP contribution in [-0.2, 0) is 10.0 Å². The lowest BCUT2D eigenvalue weighted by atomic mass is 10.2. The Morgan fingerprint density at radius 2 is 2.15 bits per heavy atom. The minimum Gasteiger partial charge on any atom is -0.329 e. The van der Waals surface area contributed by atoms with Crippen molar-refractivity contribution >= 4 is 26.0 Å². The van der Waals surface area contributed by atoms with E-state index in [4.69, 9.17) is 5.73 Å². The minimum absolute atomic E-state index is 0.0406. The average Bonchev–Trinajstić information content (AvgIpc) is 2.41. The van der Waals surface area contributed by atoms with Crippen LogP contribution in [0.2, 0.25) is 0 Å². The Kier molecular flexibility index (Phi) is 4.80. The summed E-state index contributed by atoms with van der Waals surface area (Å²) in [5.74, 6) is -0.593. The molecule has 20 heavy (non-hydrogen) atoms. The van der Waals surface area contributed by atoms with Crippen molar-refractivity contribution in [2.45, 2.75) is 10.9 Å². The molecule has 2 rings (SSSR count). The fourth-order valence-corrected chi connectivity index (χ4v) is 4.15. The van der Waals surface area contributed by atoms with E-state index >= 15 is 0 Å². The van der Waals surface area contributed by atoms with Gasteiger partial charge in [-0.2, -0.15) is 4.31 Å². The lowest BCUT2D eigenvalue weighted by Gasteiger charge is -2.38. The maximum absolute atomic E-state index is 13.6. The molecule has 1 fully saturated rings. The highest BCUT2D eigenvalue weighted by Gasteiger charge is 2.34. The van der Waals surface area contributed by atoms with Gasteiger partial charge in [0.2, 0.25) is 10.0 Å². The summed E-state index contributed by atoms with van der Waals surface area (Å²) < 4.78 is 40.4. The molecule has 0 bridgehead atoms. The van der Waals surface area contributed by atoms with E-state index in [0.29, 0.717) is 19.6 Å². The maximum Gasteiger partial charge on any atom is 0.243 e. The van der Waals surface area contributed by atoms with Gasteiger partial charge in [-0.1, -0.05) is 0 Å². The number of nitrogens with two attached hydrogens (primary N) is 1. The van der Waals surface area contributed by atoms with Gasteiger partial charge in [-0.15, -0.1) is 0 Å². The second kappa shape index (κ2) is 6.07. The zero-order valence-electron chi connectivity index (χ0n) is 11.1. The normalized spacial score (nSPS) is 22.1. The Hall–Kier alpha value is -0.540. The molecule has 1 aromatic rings. The van der Waals surface area contributed by atoms with Gasteiger partial charge in [0.1, 0.15) is 5.82 Å². The first-order valence-corrected chi connectivity index (χ1v) is 8.45. The van der Waals surface area contributed by atoms with Gasteiger partial charge in [0.25, 0.3) is 0 Å². The third-order valence-electron chi connectivity index (χ3n) is 3.40. The largest absolute Gasteiger partial charge is 0.329 e. The van der Waals surface area contributed by atoms with Crippen LogP contribution < -0.4 is 5.73 Å². The number of rotatable bonds is 3. The van der Waals surface area contributed by atoms with Gasteiger partial charge in [0.15, 0.2) is 0 Å². The summed E-state index contributed by atoms with van der Waals surface area (Å²) in [7, 11) is -1.80. The lowest BCUT2D eigenvalue weighted by molar-refractivity contribution is 0.164. The molecule has 1 heterocycles. The van der Waals surface area contributed by atoms with E-state index < -0.39 is 15.8 Å². The second-order valence-electron chi connectivity index (χ2n) is 4.84. The maximum atomic E-state index is 13.6. The molecule has 1 saturated heterocycles. The van der Waals surface area contributed by atoms with Gasteiger partial charge < -0.3 is 10.6 Å². The molecule has 5 nitrogen and oxygen atoms in total. The number of halogens is 2. The SMILES string of the molecule is CN1CCN(S(=O)(=O)c2ccc(Br)c(F)c2)C(CN)C1. The van der Waals surface area contributed by atoms with E-state index in [1.54, 1.807) is 0 Å². The summed E-state index contributed by atoms with van der Waals surface area (Å²) in [6.45, 7) is 1.81. The molecular weight excluding hydrogens is 349 g/mol. The highest BCUT2D eigenvalue weighted by molar-refractivity contribution is 9.10. The van der Waals surface area contributed by atoms with Gasteiger partial charge in [-0.05, 0) is 41.2 Å². The van der Waals surface area contributed by atoms with E-state index in [0.717, 1.165) is 6.07 Å². The third-order valence-corrected chi connectivity index (χ3v) is 5.99. The predicted molar refractivity (Wildman–Crippen MR) is 78.3 cm³/mol. The van der Waals surface area contributed by atoms with Crippen LogP contribution in [-0.4, -0.2) is 56.9 Å². The number of piperazine rings is 1. The first-order valence-electron chi connectivity index (χ1n) is 6.21. The molecule has 0 radical (unpaired) electrons. The fraction of sp³-hybridized carbons (Fsp3) is 0.500. The molecule has 1 unspecified atom stereocenters. The van der Waals surface area contributed by atoms with Crippen molar-refractivity contribution < 1.29 is 12.8 Å². The number of hydrogen-bond acceptors (Lipinski definition) is 4. The van der Waals surface area contributed by atoms with Crippen LogP contribution in [0.3, 0.4) is 0 Å². The van der Waals surface area contributed by atoms with E-state index in [-0.39, 0.29) is 22.0 Å². The number of sulfonamides is 1. The average molecular weight is 366 g/mol. The summed E-state index contributed by atoms with van der Waals surface area (Å²) in [6, 6.07) is 3.54. The summed E-state index contributed by atoms with van der Waals surface area (Å²) >= 11 is 3.02. The van der Waals surface area contributed by atoms with Gasteiger partial charge in [0, 0.05) is 26.2 Å². The van der Waals surface area contributed by atoms with Crippen molar-refractivity contribution in [3.8, 4) is 0 Å². The molecule has 2 N–H and O–H groups in total. The molecule has 1 aliphatic rings. The van der Waals surface area contributed by atoms with Crippen molar-refractivity contribution in [2.24, 2.45) is 5.73 Å². The van der Waals surface area contributed by atoms with Crippen LogP contribution in [0.5, 0.6) is 0 Å². The molecule has 1 atom stereocenters. The zero-order chi connectivity index (χ0) is 14.9. The number of benzene rings is 1. The van der Waals surface area contributed by atoms with E-state index in [1.807, 2.05) is 11.9 Å². The second-order valence-corrected chi connectivity index (χ2v) is 7.59. The Balaban J connectivity index is 2.35. The number of likely N-dealkylation sites (N-methyl/N-ethyl adjacent to an activating group) is 1. The van der Waals surface area contributed by atoms with Gasteiger partial charge in [0.05, 0.1) is 15.4 Å². The van der Waals surface area contributed by atoms with Crippen LogP contribution in [0.4, 0.5) is 4.39 Å². The fourth-order valence-electron chi connectivity index (χ4n) is 2.28. The molecular formula is C12H17BrFN3O2S. The molecule has 0 aliphatic carbocycles. The Morgan fingerprint density at radius 3 is 2.75 bits per heavy atom. The summed E-state index contributed by atoms with van der Waals surface area (Å²) in [5, 5.41) is 0. The molecule has 0 spiro atoms. The van der Waals surface area contributed by atoms with Crippen LogP contribution in [0.25, 0.3) is 0 Å². The van der Waals surface area contributed by atoms with E-state index in [2.05, 4.69) is 15.9 Å². The minimum atomic E-state index is -3.72. The molecule has 0 amide bonds. The summed E-state index contributed by atoms with van der Waals surface area (Å²) in [5.41, 5.74) is 5.67. The first-order chi connectivity index (χ1) is 9.36. The summed E-state index contributed by atoms with van der Waals surface area (Å²) in [4.78, 5) is 1.99. The molecule has 8 heteroatoms. The molecule has 1 aromatic carbocycles. The molecule has 112 valence electrons. The Labute approximate surface area is 126 Å². The molecule has 0 saturated carbocycles. The Morgan fingerprint density at radius 1 is 1.45 bits per heavy atom. The van der Waals surface area contributed by atoms with Gasteiger partial charge in [-0.3, -0.25) is 0 Å². The highest BCUT2D eigenvalue weighted by Crippen LogP contribution is 2.24. The van der Waals surface area contributed by atoms with Crippen molar-refractivity contribution in [2.75, 3.05) is 33.2 Å². The number of nitrogens with zero attached hydrogens (tertiary/aromatic N) is 2. The van der Waals surface area contributed by atoms with Crippen LogP contribution in [0.15, 0.2) is 27.6 Å². The topological polar surface area (TPSA) is 66.6 Å². The van der Waals surface area contributed by atoms with Crippen LogP contribution in [0.1, 0.15) is 0 Å². The monoisotopic (exact) mass is 365 g/mol. The Bertz CT molecular complexity index is 596. The predicted octanol–water partition coefficient (Wildman–Crippen LogP) is 0.852. The highest BCUT2D eigenvalue weighted by atomic mass is 79.9. The quantitative estimate of drug-likeness (QED) is 0.862. The van der Waals surface area contributed by atoms with Gasteiger partial charge in [-0.25, -0.2) is 12.8 Å². The third kappa shape index (κ3) is 3.04. The molecule has 1 aliphatic heterocycles.